The minimum Gasteiger partial charge on any atom is -0.370 e. The highest BCUT2D eigenvalue weighted by Gasteiger charge is 2.32. The number of nitrogens with zero attached hydrogens (tertiary/aromatic N) is 2. The van der Waals surface area contributed by atoms with Crippen LogP contribution in [-0.4, -0.2) is 13.1 Å². The molecule has 0 atom stereocenters. The molecule has 0 radical (unpaired) electrons. The number of nitriles is 1. The summed E-state index contributed by atoms with van der Waals surface area (Å²) < 4.78 is 38.1. The molecule has 0 unspecified atom stereocenters. The maximum absolute atomic E-state index is 12.7. The standard InChI is InChI=1S/C16H19F3N2/c1-11(2)12-5-7-21(8-6-12)15-4-3-14(16(17,18)19)9-13(15)10-20/h3-4,9,11-12H,5-8H2,1-2H3. The van der Waals surface area contributed by atoms with Gasteiger partial charge < -0.3 is 4.90 Å². The Morgan fingerprint density at radius 2 is 1.86 bits per heavy atom. The molecule has 2 rings (SSSR count). The van der Waals surface area contributed by atoms with Crippen LogP contribution in [0.4, 0.5) is 18.9 Å². The number of alkyl halides is 3. The lowest BCUT2D eigenvalue weighted by molar-refractivity contribution is -0.137. The zero-order chi connectivity index (χ0) is 15.6. The van der Waals surface area contributed by atoms with E-state index in [1.165, 1.54) is 6.07 Å². The van der Waals surface area contributed by atoms with E-state index in [1.54, 1.807) is 0 Å². The van der Waals surface area contributed by atoms with Crippen LogP contribution in [0.15, 0.2) is 18.2 Å². The van der Waals surface area contributed by atoms with Crippen LogP contribution in [0.2, 0.25) is 0 Å². The van der Waals surface area contributed by atoms with Gasteiger partial charge in [-0.25, -0.2) is 0 Å². The fourth-order valence-corrected chi connectivity index (χ4v) is 2.88. The molecule has 0 N–H and O–H groups in total. The van der Waals surface area contributed by atoms with Gasteiger partial charge in [0.25, 0.3) is 0 Å². The molecule has 1 aromatic carbocycles. The maximum Gasteiger partial charge on any atom is 0.416 e. The number of rotatable bonds is 2. The van der Waals surface area contributed by atoms with Crippen LogP contribution < -0.4 is 4.90 Å². The Hall–Kier alpha value is -1.70. The van der Waals surface area contributed by atoms with E-state index in [1.807, 2.05) is 11.0 Å². The van der Waals surface area contributed by atoms with E-state index >= 15 is 0 Å². The lowest BCUT2D eigenvalue weighted by atomic mass is 9.86. The Kier molecular flexibility index (Phi) is 4.46. The van der Waals surface area contributed by atoms with E-state index in [2.05, 4.69) is 13.8 Å². The molecular weight excluding hydrogens is 277 g/mol. The second-order valence-corrected chi connectivity index (χ2v) is 5.91. The molecule has 1 saturated heterocycles. The first-order valence-corrected chi connectivity index (χ1v) is 7.19. The second kappa shape index (κ2) is 5.97. The molecule has 0 spiro atoms. The summed E-state index contributed by atoms with van der Waals surface area (Å²) in [4.78, 5) is 2.03. The summed E-state index contributed by atoms with van der Waals surface area (Å²) >= 11 is 0. The molecule has 1 fully saturated rings. The third-order valence-corrected chi connectivity index (χ3v) is 4.27. The van der Waals surface area contributed by atoms with Crippen LogP contribution in [0.25, 0.3) is 0 Å². The molecule has 0 bridgehead atoms. The van der Waals surface area contributed by atoms with E-state index in [9.17, 15) is 13.2 Å². The van der Waals surface area contributed by atoms with Gasteiger partial charge >= 0.3 is 6.18 Å². The average molecular weight is 296 g/mol. The van der Waals surface area contributed by atoms with Crippen molar-refractivity contribution >= 4 is 5.69 Å². The van der Waals surface area contributed by atoms with Crippen molar-refractivity contribution in [3.8, 4) is 6.07 Å². The number of piperidine rings is 1. The van der Waals surface area contributed by atoms with Crippen LogP contribution >= 0.6 is 0 Å². The minimum atomic E-state index is -4.41. The first-order chi connectivity index (χ1) is 9.82. The third-order valence-electron chi connectivity index (χ3n) is 4.27. The van der Waals surface area contributed by atoms with Crippen LogP contribution in [0.1, 0.15) is 37.8 Å². The minimum absolute atomic E-state index is 0.104. The fraction of sp³-hybridized carbons (Fsp3) is 0.562. The van der Waals surface area contributed by atoms with Crippen molar-refractivity contribution in [1.82, 2.24) is 0 Å². The van der Waals surface area contributed by atoms with Gasteiger partial charge in [-0.3, -0.25) is 0 Å². The Morgan fingerprint density at radius 1 is 1.24 bits per heavy atom. The van der Waals surface area contributed by atoms with Gasteiger partial charge in [-0.1, -0.05) is 13.8 Å². The van der Waals surface area contributed by atoms with E-state index in [-0.39, 0.29) is 5.56 Å². The number of hydrogen-bond donors (Lipinski definition) is 0. The number of benzene rings is 1. The Morgan fingerprint density at radius 3 is 2.33 bits per heavy atom. The Bertz CT molecular complexity index is 535. The van der Waals surface area contributed by atoms with Crippen molar-refractivity contribution < 1.29 is 13.2 Å². The molecule has 2 nitrogen and oxygen atoms in total. The van der Waals surface area contributed by atoms with E-state index in [4.69, 9.17) is 5.26 Å². The van der Waals surface area contributed by atoms with Crippen molar-refractivity contribution in [2.45, 2.75) is 32.9 Å². The maximum atomic E-state index is 12.7. The Balaban J connectivity index is 2.20. The largest absolute Gasteiger partial charge is 0.416 e. The van der Waals surface area contributed by atoms with Crippen molar-refractivity contribution in [1.29, 1.82) is 5.26 Å². The summed E-state index contributed by atoms with van der Waals surface area (Å²) in [6, 6.07) is 5.33. The molecule has 114 valence electrons. The highest BCUT2D eigenvalue weighted by atomic mass is 19.4. The highest BCUT2D eigenvalue weighted by molar-refractivity contribution is 5.61. The summed E-state index contributed by atoms with van der Waals surface area (Å²) in [6.07, 6.45) is -2.37. The van der Waals surface area contributed by atoms with Gasteiger partial charge in [-0.05, 0) is 42.9 Å². The smallest absolute Gasteiger partial charge is 0.370 e. The summed E-state index contributed by atoms with van der Waals surface area (Å²) in [5.41, 5.74) is -0.0413. The zero-order valence-electron chi connectivity index (χ0n) is 12.2. The van der Waals surface area contributed by atoms with Crippen LogP contribution in [0.5, 0.6) is 0 Å². The van der Waals surface area contributed by atoms with E-state index in [0.717, 1.165) is 38.1 Å². The van der Waals surface area contributed by atoms with Crippen LogP contribution in [0.3, 0.4) is 0 Å². The highest BCUT2D eigenvalue weighted by Crippen LogP contribution is 2.34. The monoisotopic (exact) mass is 296 g/mol. The van der Waals surface area contributed by atoms with Crippen LogP contribution in [-0.2, 0) is 6.18 Å². The molecule has 1 aromatic rings. The molecule has 21 heavy (non-hydrogen) atoms. The normalized spacial score (nSPS) is 17.1. The lowest BCUT2D eigenvalue weighted by Crippen LogP contribution is -2.35. The lowest BCUT2D eigenvalue weighted by Gasteiger charge is -2.35. The number of anilines is 1. The molecule has 0 saturated carbocycles. The first-order valence-electron chi connectivity index (χ1n) is 7.19. The van der Waals surface area contributed by atoms with Gasteiger partial charge in [0, 0.05) is 13.1 Å². The van der Waals surface area contributed by atoms with Crippen molar-refractivity contribution in [3.05, 3.63) is 29.3 Å². The summed E-state index contributed by atoms with van der Waals surface area (Å²) in [7, 11) is 0. The van der Waals surface area contributed by atoms with Gasteiger partial charge in [0.05, 0.1) is 16.8 Å². The molecule has 0 aliphatic carbocycles. The summed E-state index contributed by atoms with van der Waals surface area (Å²) in [5.74, 6) is 1.27. The van der Waals surface area contributed by atoms with E-state index in [0.29, 0.717) is 17.5 Å². The molecule has 1 aliphatic heterocycles. The zero-order valence-corrected chi connectivity index (χ0v) is 12.2. The van der Waals surface area contributed by atoms with Crippen LogP contribution in [0, 0.1) is 23.2 Å². The topological polar surface area (TPSA) is 27.0 Å². The molecule has 0 amide bonds. The van der Waals surface area contributed by atoms with Crippen molar-refractivity contribution in [2.24, 2.45) is 11.8 Å². The second-order valence-electron chi connectivity index (χ2n) is 5.91. The first kappa shape index (κ1) is 15.7. The number of halogens is 3. The molecule has 5 heteroatoms. The van der Waals surface area contributed by atoms with Crippen molar-refractivity contribution in [2.75, 3.05) is 18.0 Å². The molecule has 0 aromatic heterocycles. The summed E-state index contributed by atoms with van der Waals surface area (Å²) in [6.45, 7) is 5.98. The van der Waals surface area contributed by atoms with Crippen molar-refractivity contribution in [3.63, 3.8) is 0 Å². The third kappa shape index (κ3) is 3.49. The average Bonchev–Trinajstić information content (AvgIpc) is 2.45. The fourth-order valence-electron chi connectivity index (χ4n) is 2.88. The van der Waals surface area contributed by atoms with Gasteiger partial charge in [0.1, 0.15) is 6.07 Å². The van der Waals surface area contributed by atoms with Gasteiger partial charge in [-0.2, -0.15) is 18.4 Å². The molecule has 1 aliphatic rings. The van der Waals surface area contributed by atoms with Gasteiger partial charge in [0.15, 0.2) is 0 Å². The van der Waals surface area contributed by atoms with Gasteiger partial charge in [0.2, 0.25) is 0 Å². The Labute approximate surface area is 123 Å². The SMILES string of the molecule is CC(C)C1CCN(c2ccc(C(F)(F)F)cc2C#N)CC1. The predicted molar refractivity (Wildman–Crippen MR) is 75.9 cm³/mol. The summed E-state index contributed by atoms with van der Waals surface area (Å²) in [5, 5.41) is 9.14. The van der Waals surface area contributed by atoms with Gasteiger partial charge in [-0.15, -0.1) is 0 Å². The quantitative estimate of drug-likeness (QED) is 0.806. The molecule has 1 heterocycles. The predicted octanol–water partition coefficient (Wildman–Crippen LogP) is 4.45. The number of hydrogen-bond acceptors (Lipinski definition) is 2. The molecular formula is C16H19F3N2. The van der Waals surface area contributed by atoms with E-state index < -0.39 is 11.7 Å².